The Morgan fingerprint density at radius 3 is 2.62 bits per heavy atom. The molecule has 0 saturated carbocycles. The monoisotopic (exact) mass is 499 g/mol. The van der Waals surface area contributed by atoms with Crippen molar-refractivity contribution in [3.63, 3.8) is 0 Å². The van der Waals surface area contributed by atoms with E-state index in [9.17, 15) is 14.0 Å². The molecule has 1 amide bonds. The van der Waals surface area contributed by atoms with Crippen LogP contribution in [0.4, 0.5) is 4.39 Å². The molecule has 0 radical (unpaired) electrons. The standard InChI is InChI=1S/C29H26FN3O4/c30-20-12-9-18(10-13-20)28-24(6-2-4-8-27(34)35)31-25-17-19(11-14-23(25)32-28)29(36)33-22-15-16-37-26-7-3-1-5-21(22)26/h1,3,5,7,9-14,17,22H,2,4,6,8,15-16H2,(H,33,36)(H,34,35)/t22-/m0/s1. The van der Waals surface area contributed by atoms with Crippen molar-refractivity contribution in [2.75, 3.05) is 6.61 Å². The van der Waals surface area contributed by atoms with Gasteiger partial charge in [0.1, 0.15) is 11.6 Å². The summed E-state index contributed by atoms with van der Waals surface area (Å²) in [4.78, 5) is 33.7. The first-order valence-corrected chi connectivity index (χ1v) is 12.3. The predicted molar refractivity (Wildman–Crippen MR) is 137 cm³/mol. The normalized spacial score (nSPS) is 14.6. The van der Waals surface area contributed by atoms with Crippen molar-refractivity contribution in [2.24, 2.45) is 0 Å². The Hall–Kier alpha value is -4.33. The van der Waals surface area contributed by atoms with Crippen LogP contribution in [0.5, 0.6) is 5.75 Å². The largest absolute Gasteiger partial charge is 0.493 e. The molecular formula is C29H26FN3O4. The van der Waals surface area contributed by atoms with E-state index in [0.29, 0.717) is 60.3 Å². The maximum atomic E-state index is 13.5. The molecule has 188 valence electrons. The highest BCUT2D eigenvalue weighted by Gasteiger charge is 2.23. The Kier molecular flexibility index (Phi) is 7.07. The van der Waals surface area contributed by atoms with E-state index < -0.39 is 5.97 Å². The quantitative estimate of drug-likeness (QED) is 0.311. The molecule has 8 heteroatoms. The van der Waals surface area contributed by atoms with Crippen LogP contribution < -0.4 is 10.1 Å². The summed E-state index contributed by atoms with van der Waals surface area (Å²) in [5.41, 5.74) is 4.64. The van der Waals surface area contributed by atoms with Gasteiger partial charge in [-0.05, 0) is 67.8 Å². The van der Waals surface area contributed by atoms with Crippen LogP contribution in [0.3, 0.4) is 0 Å². The number of hydrogen-bond donors (Lipinski definition) is 2. The molecule has 0 aliphatic carbocycles. The first-order chi connectivity index (χ1) is 18.0. The maximum Gasteiger partial charge on any atom is 0.303 e. The molecule has 0 fully saturated rings. The molecule has 0 unspecified atom stereocenters. The minimum Gasteiger partial charge on any atom is -0.493 e. The molecule has 37 heavy (non-hydrogen) atoms. The highest BCUT2D eigenvalue weighted by molar-refractivity contribution is 5.97. The average Bonchev–Trinajstić information content (AvgIpc) is 2.91. The van der Waals surface area contributed by atoms with E-state index in [1.54, 1.807) is 30.3 Å². The van der Waals surface area contributed by atoms with Crippen LogP contribution in [0.2, 0.25) is 0 Å². The SMILES string of the molecule is O=C(O)CCCCc1nc2cc(C(=O)N[C@H]3CCOc4ccccc43)ccc2nc1-c1ccc(F)cc1. The topological polar surface area (TPSA) is 101 Å². The van der Waals surface area contributed by atoms with Crippen LogP contribution >= 0.6 is 0 Å². The number of aryl methyl sites for hydroxylation is 1. The number of benzene rings is 3. The molecule has 4 aromatic rings. The van der Waals surface area contributed by atoms with Gasteiger partial charge in [0.05, 0.1) is 35.1 Å². The van der Waals surface area contributed by atoms with Gasteiger partial charge in [-0.15, -0.1) is 0 Å². The number of amides is 1. The van der Waals surface area contributed by atoms with E-state index in [4.69, 9.17) is 19.8 Å². The zero-order valence-electron chi connectivity index (χ0n) is 20.1. The number of ether oxygens (including phenoxy) is 1. The number of carbonyl (C=O) groups excluding carboxylic acids is 1. The van der Waals surface area contributed by atoms with Crippen LogP contribution in [-0.4, -0.2) is 33.6 Å². The lowest BCUT2D eigenvalue weighted by Gasteiger charge is -2.26. The van der Waals surface area contributed by atoms with Crippen molar-refractivity contribution in [2.45, 2.75) is 38.1 Å². The lowest BCUT2D eigenvalue weighted by Crippen LogP contribution is -2.32. The number of nitrogens with zero attached hydrogens (tertiary/aromatic N) is 2. The number of carboxylic acids is 1. The summed E-state index contributed by atoms with van der Waals surface area (Å²) >= 11 is 0. The van der Waals surface area contributed by atoms with Gasteiger partial charge >= 0.3 is 5.97 Å². The van der Waals surface area contributed by atoms with Gasteiger partial charge in [-0.3, -0.25) is 9.59 Å². The zero-order chi connectivity index (χ0) is 25.8. The maximum absolute atomic E-state index is 13.5. The van der Waals surface area contributed by atoms with E-state index >= 15 is 0 Å². The van der Waals surface area contributed by atoms with Crippen molar-refractivity contribution >= 4 is 22.9 Å². The van der Waals surface area contributed by atoms with Crippen LogP contribution in [0, 0.1) is 5.82 Å². The Labute approximate surface area is 213 Å². The Balaban J connectivity index is 1.43. The fourth-order valence-electron chi connectivity index (χ4n) is 4.55. The highest BCUT2D eigenvalue weighted by Crippen LogP contribution is 2.32. The molecular weight excluding hydrogens is 473 g/mol. The van der Waals surface area contributed by atoms with Crippen LogP contribution in [-0.2, 0) is 11.2 Å². The number of fused-ring (bicyclic) bond motifs is 2. The summed E-state index contributed by atoms with van der Waals surface area (Å²) in [6, 6.07) is 18.8. The fourth-order valence-corrected chi connectivity index (χ4v) is 4.55. The van der Waals surface area contributed by atoms with Crippen molar-refractivity contribution in [1.82, 2.24) is 15.3 Å². The molecule has 0 bridgehead atoms. The van der Waals surface area contributed by atoms with Crippen molar-refractivity contribution < 1.29 is 23.8 Å². The Morgan fingerprint density at radius 1 is 1.00 bits per heavy atom. The van der Waals surface area contributed by atoms with E-state index in [-0.39, 0.29) is 24.2 Å². The molecule has 1 aliphatic heterocycles. The van der Waals surface area contributed by atoms with Crippen molar-refractivity contribution in [3.05, 3.63) is 89.4 Å². The van der Waals surface area contributed by atoms with Gasteiger partial charge in [0.15, 0.2) is 0 Å². The number of hydrogen-bond acceptors (Lipinski definition) is 5. The smallest absolute Gasteiger partial charge is 0.303 e. The second kappa shape index (κ2) is 10.7. The molecule has 0 spiro atoms. The second-order valence-electron chi connectivity index (χ2n) is 9.03. The fraction of sp³-hybridized carbons (Fsp3) is 0.241. The first-order valence-electron chi connectivity index (χ1n) is 12.3. The summed E-state index contributed by atoms with van der Waals surface area (Å²) in [7, 11) is 0. The highest BCUT2D eigenvalue weighted by atomic mass is 19.1. The minimum atomic E-state index is -0.842. The van der Waals surface area contributed by atoms with E-state index in [1.807, 2.05) is 24.3 Å². The summed E-state index contributed by atoms with van der Waals surface area (Å²) in [6.07, 6.45) is 2.39. The first kappa shape index (κ1) is 24.4. The van der Waals surface area contributed by atoms with Gasteiger partial charge in [-0.2, -0.15) is 0 Å². The molecule has 2 N–H and O–H groups in total. The van der Waals surface area contributed by atoms with Gasteiger partial charge in [-0.1, -0.05) is 18.2 Å². The van der Waals surface area contributed by atoms with E-state index in [0.717, 1.165) is 16.9 Å². The third kappa shape index (κ3) is 5.58. The molecule has 5 rings (SSSR count). The summed E-state index contributed by atoms with van der Waals surface area (Å²) < 4.78 is 19.2. The van der Waals surface area contributed by atoms with Gasteiger partial charge in [0, 0.05) is 29.5 Å². The number of unbranched alkanes of at least 4 members (excludes halogenated alkanes) is 1. The molecule has 1 aliphatic rings. The number of aromatic nitrogens is 2. The van der Waals surface area contributed by atoms with Gasteiger partial charge in [0.2, 0.25) is 0 Å². The number of carboxylic acid groups (broad SMARTS) is 1. The van der Waals surface area contributed by atoms with Crippen molar-refractivity contribution in [3.8, 4) is 17.0 Å². The Bertz CT molecular complexity index is 1460. The molecule has 3 aromatic carbocycles. The van der Waals surface area contributed by atoms with Crippen LogP contribution in [0.15, 0.2) is 66.7 Å². The number of halogens is 1. The lowest BCUT2D eigenvalue weighted by molar-refractivity contribution is -0.137. The summed E-state index contributed by atoms with van der Waals surface area (Å²) in [5.74, 6) is -0.616. The van der Waals surface area contributed by atoms with Crippen LogP contribution in [0.25, 0.3) is 22.3 Å². The summed E-state index contributed by atoms with van der Waals surface area (Å²) in [5, 5.41) is 12.1. The number of carbonyl (C=O) groups is 2. The summed E-state index contributed by atoms with van der Waals surface area (Å²) in [6.45, 7) is 0.530. The number of aliphatic carboxylic acids is 1. The lowest BCUT2D eigenvalue weighted by atomic mass is 10.00. The van der Waals surface area contributed by atoms with Crippen molar-refractivity contribution in [1.29, 1.82) is 0 Å². The number of para-hydroxylation sites is 1. The average molecular weight is 500 g/mol. The third-order valence-corrected chi connectivity index (χ3v) is 6.43. The number of nitrogens with one attached hydrogen (secondary N) is 1. The molecule has 1 aromatic heterocycles. The number of rotatable bonds is 8. The predicted octanol–water partition coefficient (Wildman–Crippen LogP) is 5.49. The second-order valence-corrected chi connectivity index (χ2v) is 9.03. The van der Waals surface area contributed by atoms with Gasteiger partial charge in [-0.25, -0.2) is 14.4 Å². The zero-order valence-corrected chi connectivity index (χ0v) is 20.1. The minimum absolute atomic E-state index is 0.0759. The van der Waals surface area contributed by atoms with E-state index in [2.05, 4.69) is 5.32 Å². The third-order valence-electron chi connectivity index (χ3n) is 6.43. The van der Waals surface area contributed by atoms with Crippen LogP contribution in [0.1, 0.15) is 53.3 Å². The van der Waals surface area contributed by atoms with Gasteiger partial charge < -0.3 is 15.2 Å². The van der Waals surface area contributed by atoms with Gasteiger partial charge in [0.25, 0.3) is 5.91 Å². The molecule has 0 saturated heterocycles. The van der Waals surface area contributed by atoms with E-state index in [1.165, 1.54) is 12.1 Å². The molecule has 1 atom stereocenters. The Morgan fingerprint density at radius 2 is 1.81 bits per heavy atom. The molecule has 2 heterocycles. The molecule has 7 nitrogen and oxygen atoms in total.